The Morgan fingerprint density at radius 2 is 0.622 bits per heavy atom. The number of benzene rings is 7. The smallest absolute Gasteiger partial charge is 0.0493 e. The van der Waals surface area contributed by atoms with E-state index in [0.29, 0.717) is 0 Å². The van der Waals surface area contributed by atoms with Crippen molar-refractivity contribution in [3.05, 3.63) is 193 Å². The molecule has 0 saturated heterocycles. The van der Waals surface area contributed by atoms with E-state index in [9.17, 15) is 0 Å². The molecular formula is C42H31BrN2. The first-order valence-electron chi connectivity index (χ1n) is 15.0. The largest absolute Gasteiger partial charge is 0.310 e. The average Bonchev–Trinajstić information content (AvgIpc) is 3.10. The monoisotopic (exact) mass is 642 g/mol. The van der Waals surface area contributed by atoms with Crippen molar-refractivity contribution in [3.63, 3.8) is 0 Å². The second-order valence-corrected chi connectivity index (χ2v) is 11.8. The van der Waals surface area contributed by atoms with Crippen molar-refractivity contribution < 1.29 is 0 Å². The summed E-state index contributed by atoms with van der Waals surface area (Å²) in [6.07, 6.45) is 0. The van der Waals surface area contributed by atoms with E-state index in [1.807, 2.05) is 0 Å². The third-order valence-corrected chi connectivity index (χ3v) is 8.31. The fourth-order valence-corrected chi connectivity index (χ4v) is 6.22. The lowest BCUT2D eigenvalue weighted by molar-refractivity contribution is 1.24. The molecule has 216 valence electrons. The van der Waals surface area contributed by atoms with Gasteiger partial charge in [0.2, 0.25) is 0 Å². The predicted octanol–water partition coefficient (Wildman–Crippen LogP) is 12.7. The predicted molar refractivity (Wildman–Crippen MR) is 194 cm³/mol. The van der Waals surface area contributed by atoms with Crippen LogP contribution in [0.1, 0.15) is 0 Å². The van der Waals surface area contributed by atoms with Crippen molar-refractivity contribution in [2.45, 2.75) is 0 Å². The highest BCUT2D eigenvalue weighted by Crippen LogP contribution is 2.42. The molecule has 0 aliphatic carbocycles. The van der Waals surface area contributed by atoms with Gasteiger partial charge in [0, 0.05) is 38.6 Å². The van der Waals surface area contributed by atoms with Gasteiger partial charge in [-0.15, -0.1) is 0 Å². The molecule has 0 aromatic heterocycles. The van der Waals surface area contributed by atoms with Crippen LogP contribution in [0.5, 0.6) is 0 Å². The summed E-state index contributed by atoms with van der Waals surface area (Å²) >= 11 is 3.86. The highest BCUT2D eigenvalue weighted by molar-refractivity contribution is 9.10. The molecule has 0 radical (unpaired) electrons. The number of nitrogens with zero attached hydrogens (tertiary/aromatic N) is 2. The zero-order chi connectivity index (χ0) is 30.4. The van der Waals surface area contributed by atoms with Gasteiger partial charge in [-0.1, -0.05) is 137 Å². The fraction of sp³-hybridized carbons (Fsp3) is 0. The van der Waals surface area contributed by atoms with Gasteiger partial charge >= 0.3 is 0 Å². The van der Waals surface area contributed by atoms with Crippen molar-refractivity contribution in [2.75, 3.05) is 9.80 Å². The van der Waals surface area contributed by atoms with Gasteiger partial charge in [0.05, 0.1) is 0 Å². The molecule has 3 heteroatoms. The van der Waals surface area contributed by atoms with E-state index in [0.717, 1.165) is 38.6 Å². The molecule has 0 N–H and O–H groups in total. The molecule has 0 aliphatic rings. The zero-order valence-corrected chi connectivity index (χ0v) is 26.3. The second kappa shape index (κ2) is 13.1. The van der Waals surface area contributed by atoms with E-state index < -0.39 is 0 Å². The van der Waals surface area contributed by atoms with E-state index in [1.165, 1.54) is 22.3 Å². The summed E-state index contributed by atoms with van der Waals surface area (Å²) in [4.78, 5) is 4.62. The first-order chi connectivity index (χ1) is 22.2. The summed E-state index contributed by atoms with van der Waals surface area (Å²) < 4.78 is 1.00. The lowest BCUT2D eigenvalue weighted by atomic mass is 10.00. The van der Waals surface area contributed by atoms with E-state index in [2.05, 4.69) is 214 Å². The average molecular weight is 644 g/mol. The van der Waals surface area contributed by atoms with Crippen LogP contribution in [0.4, 0.5) is 34.1 Å². The van der Waals surface area contributed by atoms with Crippen LogP contribution < -0.4 is 9.80 Å². The number of halogens is 1. The number of hydrogen-bond donors (Lipinski definition) is 0. The lowest BCUT2D eigenvalue weighted by Gasteiger charge is -2.30. The molecule has 0 aliphatic heterocycles. The molecule has 0 spiro atoms. The van der Waals surface area contributed by atoms with Gasteiger partial charge < -0.3 is 9.80 Å². The minimum absolute atomic E-state index is 1.00. The van der Waals surface area contributed by atoms with Crippen LogP contribution in [-0.4, -0.2) is 0 Å². The third kappa shape index (κ3) is 6.31. The summed E-state index contributed by atoms with van der Waals surface area (Å²) in [6, 6.07) is 66.3. The van der Waals surface area contributed by atoms with Crippen molar-refractivity contribution in [1.82, 2.24) is 0 Å². The maximum absolute atomic E-state index is 3.86. The first kappa shape index (κ1) is 28.4. The molecule has 7 aromatic carbocycles. The van der Waals surface area contributed by atoms with Gasteiger partial charge in [-0.3, -0.25) is 0 Å². The van der Waals surface area contributed by atoms with E-state index in [4.69, 9.17) is 0 Å². The summed E-state index contributed by atoms with van der Waals surface area (Å²) in [5, 5.41) is 0. The van der Waals surface area contributed by atoms with Crippen LogP contribution >= 0.6 is 15.9 Å². The lowest BCUT2D eigenvalue weighted by Crippen LogP contribution is -2.13. The zero-order valence-electron chi connectivity index (χ0n) is 24.7. The Bertz CT molecular complexity index is 1950. The number of para-hydroxylation sites is 3. The van der Waals surface area contributed by atoms with Crippen molar-refractivity contribution in [3.8, 4) is 22.3 Å². The molecule has 0 fully saturated rings. The third-order valence-electron chi connectivity index (χ3n) is 7.86. The topological polar surface area (TPSA) is 6.48 Å². The molecular weight excluding hydrogens is 612 g/mol. The molecule has 45 heavy (non-hydrogen) atoms. The maximum Gasteiger partial charge on any atom is 0.0493 e. The summed E-state index contributed by atoms with van der Waals surface area (Å²) in [6.45, 7) is 0. The molecule has 7 rings (SSSR count). The Balaban J connectivity index is 1.32. The van der Waals surface area contributed by atoms with Crippen LogP contribution in [-0.2, 0) is 0 Å². The minimum Gasteiger partial charge on any atom is -0.310 e. The summed E-state index contributed by atoms with van der Waals surface area (Å²) in [7, 11) is 0. The molecule has 0 amide bonds. The Morgan fingerprint density at radius 1 is 0.267 bits per heavy atom. The van der Waals surface area contributed by atoms with Gasteiger partial charge in [0.1, 0.15) is 0 Å². The highest BCUT2D eigenvalue weighted by Gasteiger charge is 2.18. The van der Waals surface area contributed by atoms with E-state index >= 15 is 0 Å². The SMILES string of the molecule is Brc1cc(N(c2ccccc2)c2ccccc2)cc(N(c2ccccc2)c2cccc(-c3ccc(-c4ccccc4)cc3)c2)c1. The van der Waals surface area contributed by atoms with Crippen molar-refractivity contribution >= 4 is 50.1 Å². The van der Waals surface area contributed by atoms with Gasteiger partial charge in [-0.05, 0) is 89.0 Å². The second-order valence-electron chi connectivity index (χ2n) is 10.8. The molecule has 0 unspecified atom stereocenters. The van der Waals surface area contributed by atoms with Crippen LogP contribution in [0.2, 0.25) is 0 Å². The molecule has 7 aromatic rings. The van der Waals surface area contributed by atoms with Gasteiger partial charge in [-0.25, -0.2) is 0 Å². The normalized spacial score (nSPS) is 10.8. The molecule has 2 nitrogen and oxygen atoms in total. The van der Waals surface area contributed by atoms with E-state index in [1.54, 1.807) is 0 Å². The van der Waals surface area contributed by atoms with Crippen LogP contribution in [0.25, 0.3) is 22.3 Å². The molecule has 0 atom stereocenters. The minimum atomic E-state index is 1.00. The molecule has 0 heterocycles. The number of anilines is 6. The summed E-state index contributed by atoms with van der Waals surface area (Å²) in [5.74, 6) is 0. The standard InChI is InChI=1S/C42H31BrN2/c43-36-29-41(44(37-17-7-2-8-18-37)38-19-9-3-10-20-38)31-42(30-36)45(39-21-11-4-12-22-39)40-23-13-16-35(28-40)34-26-24-33(25-27-34)32-14-5-1-6-15-32/h1-31H. The number of rotatable bonds is 8. The van der Waals surface area contributed by atoms with Crippen molar-refractivity contribution in [1.29, 1.82) is 0 Å². The first-order valence-corrected chi connectivity index (χ1v) is 15.8. The Morgan fingerprint density at radius 3 is 1.11 bits per heavy atom. The van der Waals surface area contributed by atoms with E-state index in [-0.39, 0.29) is 0 Å². The molecule has 0 bridgehead atoms. The van der Waals surface area contributed by atoms with Crippen LogP contribution in [0.3, 0.4) is 0 Å². The maximum atomic E-state index is 3.86. The fourth-order valence-electron chi connectivity index (χ4n) is 5.75. The Hall–Kier alpha value is -5.38. The Kier molecular flexibility index (Phi) is 8.26. The summed E-state index contributed by atoms with van der Waals surface area (Å²) in [5.41, 5.74) is 11.3. The van der Waals surface area contributed by atoms with Gasteiger partial charge in [0.25, 0.3) is 0 Å². The van der Waals surface area contributed by atoms with Gasteiger partial charge in [0.15, 0.2) is 0 Å². The number of hydrogen-bond acceptors (Lipinski definition) is 2. The van der Waals surface area contributed by atoms with Gasteiger partial charge in [-0.2, -0.15) is 0 Å². The van der Waals surface area contributed by atoms with Crippen LogP contribution in [0.15, 0.2) is 193 Å². The Labute approximate surface area is 273 Å². The molecule has 0 saturated carbocycles. The van der Waals surface area contributed by atoms with Crippen LogP contribution in [0, 0.1) is 0 Å². The quantitative estimate of drug-likeness (QED) is 0.163. The highest BCUT2D eigenvalue weighted by atomic mass is 79.9. The van der Waals surface area contributed by atoms with Crippen molar-refractivity contribution in [2.24, 2.45) is 0 Å².